The minimum absolute atomic E-state index is 0. The van der Waals surface area contributed by atoms with E-state index in [1.807, 2.05) is 18.2 Å². The van der Waals surface area contributed by atoms with Crippen molar-refractivity contribution in [3.05, 3.63) is 34.2 Å². The zero-order valence-electron chi connectivity index (χ0n) is 12.3. The smallest absolute Gasteiger partial charge is 0.323 e. The Bertz CT molecular complexity index is 688. The van der Waals surface area contributed by atoms with Gasteiger partial charge in [-0.3, -0.25) is 4.79 Å². The summed E-state index contributed by atoms with van der Waals surface area (Å²) in [4.78, 5) is 28.5. The van der Waals surface area contributed by atoms with E-state index in [9.17, 15) is 9.59 Å². The predicted molar refractivity (Wildman–Crippen MR) is 88.5 cm³/mol. The molecule has 1 amide bonds. The molecule has 1 aliphatic rings. The fourth-order valence-corrected chi connectivity index (χ4v) is 2.77. The number of aryl methyl sites for hydroxylation is 1. The first-order valence-electron chi connectivity index (χ1n) is 7.42. The van der Waals surface area contributed by atoms with E-state index < -0.39 is 0 Å². The first-order chi connectivity index (χ1) is 10.2. The zero-order chi connectivity index (χ0) is 14.7. The number of halogens is 1. The molecule has 1 unspecified atom stereocenters. The molecule has 1 aromatic heterocycles. The van der Waals surface area contributed by atoms with Crippen molar-refractivity contribution in [1.82, 2.24) is 20.6 Å². The van der Waals surface area contributed by atoms with Crippen molar-refractivity contribution in [2.45, 2.75) is 31.7 Å². The van der Waals surface area contributed by atoms with E-state index in [4.69, 9.17) is 0 Å². The summed E-state index contributed by atoms with van der Waals surface area (Å²) in [7, 11) is 0. The second kappa shape index (κ2) is 7.47. The Kier molecular flexibility index (Phi) is 5.63. The lowest BCUT2D eigenvalue weighted by Crippen LogP contribution is -2.36. The van der Waals surface area contributed by atoms with Gasteiger partial charge in [-0.25, -0.2) is 4.79 Å². The van der Waals surface area contributed by atoms with Gasteiger partial charge in [0.2, 0.25) is 5.91 Å². The van der Waals surface area contributed by atoms with Crippen molar-refractivity contribution in [2.75, 3.05) is 13.1 Å². The zero-order valence-corrected chi connectivity index (χ0v) is 13.1. The summed E-state index contributed by atoms with van der Waals surface area (Å²) in [6, 6.07) is 6.14. The topological polar surface area (TPSA) is 89.8 Å². The molecule has 0 spiro atoms. The lowest BCUT2D eigenvalue weighted by molar-refractivity contribution is -0.121. The number of amides is 1. The van der Waals surface area contributed by atoms with Crippen LogP contribution < -0.4 is 16.3 Å². The van der Waals surface area contributed by atoms with Crippen LogP contribution >= 0.6 is 12.4 Å². The number of carbonyl (C=O) groups is 1. The van der Waals surface area contributed by atoms with Crippen LogP contribution in [0, 0.1) is 0 Å². The summed E-state index contributed by atoms with van der Waals surface area (Å²) in [6.45, 7) is 1.86. The van der Waals surface area contributed by atoms with E-state index in [0.29, 0.717) is 12.5 Å². The second-order valence-corrected chi connectivity index (χ2v) is 5.57. The normalized spacial score (nSPS) is 17.4. The molecule has 1 aliphatic heterocycles. The number of hydrogen-bond donors (Lipinski definition) is 4. The quantitative estimate of drug-likeness (QED) is 0.663. The van der Waals surface area contributed by atoms with E-state index in [-0.39, 0.29) is 24.0 Å². The van der Waals surface area contributed by atoms with Crippen LogP contribution in [0.15, 0.2) is 23.0 Å². The molecule has 0 aliphatic carbocycles. The molecule has 1 saturated heterocycles. The summed E-state index contributed by atoms with van der Waals surface area (Å²) in [5.74, 6) is 0.125. The highest BCUT2D eigenvalue weighted by molar-refractivity contribution is 5.85. The monoisotopic (exact) mass is 324 g/mol. The van der Waals surface area contributed by atoms with Crippen LogP contribution in [0.25, 0.3) is 11.0 Å². The third-order valence-corrected chi connectivity index (χ3v) is 3.88. The third kappa shape index (κ3) is 4.11. The van der Waals surface area contributed by atoms with Gasteiger partial charge in [-0.1, -0.05) is 6.07 Å². The molecule has 1 fully saturated rings. The number of carbonyl (C=O) groups excluding carboxylic acids is 1. The van der Waals surface area contributed by atoms with Gasteiger partial charge in [0.1, 0.15) is 0 Å². The number of benzene rings is 1. The van der Waals surface area contributed by atoms with Crippen LogP contribution in [0.3, 0.4) is 0 Å². The van der Waals surface area contributed by atoms with E-state index >= 15 is 0 Å². The van der Waals surface area contributed by atoms with Crippen molar-refractivity contribution in [2.24, 2.45) is 0 Å². The fourth-order valence-electron chi connectivity index (χ4n) is 2.77. The molecule has 22 heavy (non-hydrogen) atoms. The highest BCUT2D eigenvalue weighted by atomic mass is 35.5. The first kappa shape index (κ1) is 16.6. The maximum absolute atomic E-state index is 11.8. The molecular formula is C15H21ClN4O2. The van der Waals surface area contributed by atoms with Crippen molar-refractivity contribution in [3.63, 3.8) is 0 Å². The van der Waals surface area contributed by atoms with E-state index in [1.54, 1.807) is 0 Å². The molecule has 120 valence electrons. The second-order valence-electron chi connectivity index (χ2n) is 5.57. The van der Waals surface area contributed by atoms with Crippen molar-refractivity contribution < 1.29 is 4.79 Å². The Morgan fingerprint density at radius 3 is 2.86 bits per heavy atom. The number of fused-ring (bicyclic) bond motifs is 1. The average Bonchev–Trinajstić information content (AvgIpc) is 3.06. The van der Waals surface area contributed by atoms with Gasteiger partial charge in [-0.05, 0) is 43.5 Å². The lowest BCUT2D eigenvalue weighted by Gasteiger charge is -2.11. The number of H-pyrrole nitrogens is 2. The Morgan fingerprint density at radius 1 is 1.27 bits per heavy atom. The molecule has 1 aromatic carbocycles. The van der Waals surface area contributed by atoms with Gasteiger partial charge in [-0.2, -0.15) is 0 Å². The molecule has 0 radical (unpaired) electrons. The van der Waals surface area contributed by atoms with Gasteiger partial charge in [0.05, 0.1) is 11.0 Å². The van der Waals surface area contributed by atoms with E-state index in [1.165, 1.54) is 0 Å². The van der Waals surface area contributed by atoms with E-state index in [2.05, 4.69) is 20.6 Å². The molecular weight excluding hydrogens is 304 g/mol. The van der Waals surface area contributed by atoms with Crippen LogP contribution in [0.5, 0.6) is 0 Å². The van der Waals surface area contributed by atoms with Gasteiger partial charge in [-0.15, -0.1) is 12.4 Å². The highest BCUT2D eigenvalue weighted by Crippen LogP contribution is 2.12. The summed E-state index contributed by atoms with van der Waals surface area (Å²) in [5.41, 5.74) is 2.58. The molecule has 6 nitrogen and oxygen atoms in total. The van der Waals surface area contributed by atoms with Gasteiger partial charge < -0.3 is 20.6 Å². The number of aromatic nitrogens is 2. The molecule has 2 aromatic rings. The molecule has 0 saturated carbocycles. The first-order valence-corrected chi connectivity index (χ1v) is 7.42. The van der Waals surface area contributed by atoms with E-state index in [0.717, 1.165) is 48.9 Å². The van der Waals surface area contributed by atoms with Crippen LogP contribution in [-0.2, 0) is 11.2 Å². The molecule has 4 N–H and O–H groups in total. The van der Waals surface area contributed by atoms with Gasteiger partial charge in [0.15, 0.2) is 0 Å². The Balaban J connectivity index is 0.00000176. The lowest BCUT2D eigenvalue weighted by atomic mass is 10.1. The molecule has 3 rings (SSSR count). The number of imidazole rings is 1. The largest absolute Gasteiger partial charge is 0.352 e. The van der Waals surface area contributed by atoms with Crippen LogP contribution in [0.2, 0.25) is 0 Å². The summed E-state index contributed by atoms with van der Waals surface area (Å²) >= 11 is 0. The number of nitrogens with one attached hydrogen (secondary N) is 4. The molecule has 7 heteroatoms. The van der Waals surface area contributed by atoms with Crippen molar-refractivity contribution >= 4 is 29.3 Å². The fraction of sp³-hybridized carbons (Fsp3) is 0.467. The van der Waals surface area contributed by atoms with Gasteiger partial charge >= 0.3 is 5.69 Å². The highest BCUT2D eigenvalue weighted by Gasteiger charge is 2.16. The minimum Gasteiger partial charge on any atom is -0.352 e. The maximum atomic E-state index is 11.8. The summed E-state index contributed by atoms with van der Waals surface area (Å²) in [5, 5.41) is 6.28. The van der Waals surface area contributed by atoms with Crippen LogP contribution in [0.4, 0.5) is 0 Å². The van der Waals surface area contributed by atoms with Crippen molar-refractivity contribution in [3.8, 4) is 0 Å². The number of hydrogen-bond acceptors (Lipinski definition) is 3. The van der Waals surface area contributed by atoms with Crippen LogP contribution in [-0.4, -0.2) is 35.0 Å². The summed E-state index contributed by atoms with van der Waals surface area (Å²) < 4.78 is 0. The molecule has 1 atom stereocenters. The van der Waals surface area contributed by atoms with Gasteiger partial charge in [0.25, 0.3) is 0 Å². The molecule has 0 bridgehead atoms. The number of aromatic amines is 2. The Morgan fingerprint density at radius 2 is 2.09 bits per heavy atom. The Labute approximate surface area is 134 Å². The third-order valence-electron chi connectivity index (χ3n) is 3.88. The number of rotatable bonds is 5. The Hall–Kier alpha value is -1.79. The standard InChI is InChI=1S/C15H20N4O2.ClH/c20-14(17-11-6-7-16-9-11)3-1-2-10-4-5-12-13(8-10)19-15(21)18-12;/h4-5,8,11,16H,1-3,6-7,9H2,(H,17,20)(H2,18,19,21);1H. The maximum Gasteiger partial charge on any atom is 0.323 e. The van der Waals surface area contributed by atoms with Gasteiger partial charge in [0, 0.05) is 19.0 Å². The molecule has 2 heterocycles. The predicted octanol–water partition coefficient (Wildman–Crippen LogP) is 1.08. The SMILES string of the molecule is Cl.O=C(CCCc1ccc2[nH]c(=O)[nH]c2c1)NC1CCNC1. The average molecular weight is 325 g/mol. The minimum atomic E-state index is -0.188. The summed E-state index contributed by atoms with van der Waals surface area (Å²) in [6.07, 6.45) is 3.20. The van der Waals surface area contributed by atoms with Crippen LogP contribution in [0.1, 0.15) is 24.8 Å². The van der Waals surface area contributed by atoms with Crippen molar-refractivity contribution in [1.29, 1.82) is 0 Å².